The highest BCUT2D eigenvalue weighted by atomic mass is 16.1. The van der Waals surface area contributed by atoms with Gasteiger partial charge in [-0.15, -0.1) is 0 Å². The molecule has 0 bridgehead atoms. The van der Waals surface area contributed by atoms with Crippen LogP contribution in [0.15, 0.2) is 34.2 Å². The zero-order chi connectivity index (χ0) is 12.4. The molecule has 4 heteroatoms. The molecular weight excluding hydrogens is 214 g/mol. The maximum absolute atomic E-state index is 12.2. The summed E-state index contributed by atoms with van der Waals surface area (Å²) in [7, 11) is 0. The molecule has 1 aromatic carbocycles. The topological polar surface area (TPSA) is 47.2 Å². The first kappa shape index (κ1) is 11.5. The lowest BCUT2D eigenvalue weighted by Gasteiger charge is -2.06. The second-order valence-corrected chi connectivity index (χ2v) is 3.98. The van der Waals surface area contributed by atoms with Gasteiger partial charge < -0.3 is 0 Å². The number of rotatable bonds is 2. The molecule has 0 amide bonds. The number of nitrogens with zero attached hydrogens (tertiary/aromatic N) is 3. The molecular formula is C13H15N3O. The van der Waals surface area contributed by atoms with Crippen LogP contribution in [0, 0.1) is 6.92 Å². The van der Waals surface area contributed by atoms with Gasteiger partial charge in [0.25, 0.3) is 5.56 Å². The minimum Gasteiger partial charge on any atom is -0.267 e. The lowest BCUT2D eigenvalue weighted by Crippen LogP contribution is -2.21. The molecule has 2 rings (SSSR count). The Labute approximate surface area is 99.6 Å². The van der Waals surface area contributed by atoms with E-state index in [2.05, 4.69) is 10.1 Å². The fourth-order valence-corrected chi connectivity index (χ4v) is 1.59. The van der Waals surface area contributed by atoms with Crippen LogP contribution >= 0.6 is 0 Å². The van der Waals surface area contributed by atoms with E-state index in [1.54, 1.807) is 13.0 Å². The van der Waals surface area contributed by atoms with Gasteiger partial charge in [0.15, 0.2) is 0 Å². The van der Waals surface area contributed by atoms with Gasteiger partial charge in [-0.2, -0.15) is 9.78 Å². The second-order valence-electron chi connectivity index (χ2n) is 3.98. The van der Waals surface area contributed by atoms with Crippen molar-refractivity contribution >= 4 is 16.6 Å². The number of aryl methyl sites for hydroxylation is 1. The Bertz CT molecular complexity index is 641. The molecule has 0 atom stereocenters. The zero-order valence-corrected chi connectivity index (χ0v) is 10.3. The highest BCUT2D eigenvalue weighted by Gasteiger charge is 2.06. The van der Waals surface area contributed by atoms with Crippen LogP contribution in [0.4, 0.5) is 0 Å². The van der Waals surface area contributed by atoms with Crippen LogP contribution < -0.4 is 5.56 Å². The second kappa shape index (κ2) is 4.49. The zero-order valence-electron chi connectivity index (χ0n) is 10.3. The first-order chi connectivity index (χ1) is 8.13. The van der Waals surface area contributed by atoms with Gasteiger partial charge in [0.05, 0.1) is 10.9 Å². The van der Waals surface area contributed by atoms with Crippen LogP contribution in [-0.2, 0) is 0 Å². The van der Waals surface area contributed by atoms with Gasteiger partial charge in [-0.05, 0) is 32.4 Å². The summed E-state index contributed by atoms with van der Waals surface area (Å²) in [6.07, 6.45) is 0.818. The Kier molecular flexibility index (Phi) is 3.04. The SMILES string of the molecule is CC/C(C)=N/n1c(C)nc2ccccc2c1=O. The van der Waals surface area contributed by atoms with Crippen molar-refractivity contribution in [3.8, 4) is 0 Å². The molecule has 2 aromatic rings. The molecule has 0 saturated carbocycles. The van der Waals surface area contributed by atoms with Crippen LogP contribution in [0.1, 0.15) is 26.1 Å². The molecule has 17 heavy (non-hydrogen) atoms. The average molecular weight is 229 g/mol. The molecule has 88 valence electrons. The Morgan fingerprint density at radius 3 is 2.82 bits per heavy atom. The molecule has 0 aliphatic heterocycles. The maximum Gasteiger partial charge on any atom is 0.282 e. The highest BCUT2D eigenvalue weighted by Crippen LogP contribution is 2.07. The Morgan fingerprint density at radius 1 is 1.41 bits per heavy atom. The first-order valence-electron chi connectivity index (χ1n) is 5.66. The third kappa shape index (κ3) is 2.11. The van der Waals surface area contributed by atoms with Gasteiger partial charge in [0, 0.05) is 5.71 Å². The molecule has 0 saturated heterocycles. The lowest BCUT2D eigenvalue weighted by atomic mass is 10.2. The molecule has 0 spiro atoms. The van der Waals surface area contributed by atoms with E-state index in [0.717, 1.165) is 17.6 Å². The minimum absolute atomic E-state index is 0.110. The summed E-state index contributed by atoms with van der Waals surface area (Å²) in [5, 5.41) is 4.89. The van der Waals surface area contributed by atoms with Crippen molar-refractivity contribution < 1.29 is 0 Å². The maximum atomic E-state index is 12.2. The summed E-state index contributed by atoms with van der Waals surface area (Å²) >= 11 is 0. The van der Waals surface area contributed by atoms with E-state index >= 15 is 0 Å². The van der Waals surface area contributed by atoms with Crippen molar-refractivity contribution in [1.82, 2.24) is 9.66 Å². The summed E-state index contributed by atoms with van der Waals surface area (Å²) in [5.41, 5.74) is 1.52. The van der Waals surface area contributed by atoms with E-state index in [0.29, 0.717) is 11.2 Å². The molecule has 0 aliphatic rings. The molecule has 1 heterocycles. The van der Waals surface area contributed by atoms with Crippen molar-refractivity contribution in [2.45, 2.75) is 27.2 Å². The van der Waals surface area contributed by atoms with Crippen LogP contribution in [0.5, 0.6) is 0 Å². The Balaban J connectivity index is 2.77. The lowest BCUT2D eigenvalue weighted by molar-refractivity contribution is 0.762. The van der Waals surface area contributed by atoms with Gasteiger partial charge in [0.1, 0.15) is 5.82 Å². The Morgan fingerprint density at radius 2 is 2.12 bits per heavy atom. The van der Waals surface area contributed by atoms with Crippen LogP contribution in [-0.4, -0.2) is 15.4 Å². The van der Waals surface area contributed by atoms with E-state index in [1.807, 2.05) is 32.0 Å². The number of hydrogen-bond donors (Lipinski definition) is 0. The number of fused-ring (bicyclic) bond motifs is 1. The summed E-state index contributed by atoms with van der Waals surface area (Å²) in [5.74, 6) is 0.612. The minimum atomic E-state index is -0.110. The predicted octanol–water partition coefficient (Wildman–Crippen LogP) is 2.34. The van der Waals surface area contributed by atoms with Gasteiger partial charge >= 0.3 is 0 Å². The van der Waals surface area contributed by atoms with Gasteiger partial charge in [-0.1, -0.05) is 19.1 Å². The molecule has 0 unspecified atom stereocenters. The predicted molar refractivity (Wildman–Crippen MR) is 69.5 cm³/mol. The van der Waals surface area contributed by atoms with E-state index in [-0.39, 0.29) is 5.56 Å². The van der Waals surface area contributed by atoms with E-state index < -0.39 is 0 Å². The van der Waals surface area contributed by atoms with E-state index in [1.165, 1.54) is 4.68 Å². The first-order valence-corrected chi connectivity index (χ1v) is 5.66. The van der Waals surface area contributed by atoms with E-state index in [4.69, 9.17) is 0 Å². The quantitative estimate of drug-likeness (QED) is 0.742. The number of benzene rings is 1. The third-order valence-electron chi connectivity index (χ3n) is 2.70. The smallest absolute Gasteiger partial charge is 0.267 e. The normalized spacial score (nSPS) is 12.1. The van der Waals surface area contributed by atoms with Crippen molar-refractivity contribution in [3.05, 3.63) is 40.4 Å². The molecule has 0 radical (unpaired) electrons. The Hall–Kier alpha value is -1.97. The summed E-state index contributed by atoms with van der Waals surface area (Å²) in [6, 6.07) is 7.32. The average Bonchev–Trinajstić information content (AvgIpc) is 2.34. The largest absolute Gasteiger partial charge is 0.282 e. The fourth-order valence-electron chi connectivity index (χ4n) is 1.59. The molecule has 0 N–H and O–H groups in total. The van der Waals surface area contributed by atoms with Crippen LogP contribution in [0.2, 0.25) is 0 Å². The van der Waals surface area contributed by atoms with Gasteiger partial charge in [-0.3, -0.25) is 4.79 Å². The summed E-state index contributed by atoms with van der Waals surface area (Å²) in [4.78, 5) is 16.6. The number of hydrogen-bond acceptors (Lipinski definition) is 3. The van der Waals surface area contributed by atoms with E-state index in [9.17, 15) is 4.79 Å². The van der Waals surface area contributed by atoms with Crippen LogP contribution in [0.3, 0.4) is 0 Å². The monoisotopic (exact) mass is 229 g/mol. The molecule has 0 aliphatic carbocycles. The van der Waals surface area contributed by atoms with Crippen molar-refractivity contribution in [1.29, 1.82) is 0 Å². The number of aromatic nitrogens is 2. The molecule has 4 nitrogen and oxygen atoms in total. The van der Waals surface area contributed by atoms with Gasteiger partial charge in [-0.25, -0.2) is 4.98 Å². The fraction of sp³-hybridized carbons (Fsp3) is 0.308. The highest BCUT2D eigenvalue weighted by molar-refractivity contribution is 5.82. The standard InChI is InChI=1S/C13H15N3O/c1-4-9(2)15-16-10(3)14-12-8-6-5-7-11(12)13(16)17/h5-8H,4H2,1-3H3/b15-9+. The number of para-hydroxylation sites is 1. The van der Waals surface area contributed by atoms with Crippen molar-refractivity contribution in [2.24, 2.45) is 5.10 Å². The third-order valence-corrected chi connectivity index (χ3v) is 2.70. The summed E-state index contributed by atoms with van der Waals surface area (Å²) in [6.45, 7) is 5.70. The van der Waals surface area contributed by atoms with Gasteiger partial charge in [0.2, 0.25) is 0 Å². The molecule has 0 fully saturated rings. The molecule has 1 aromatic heterocycles. The summed E-state index contributed by atoms with van der Waals surface area (Å²) < 4.78 is 1.38. The van der Waals surface area contributed by atoms with Crippen molar-refractivity contribution in [3.63, 3.8) is 0 Å². The van der Waals surface area contributed by atoms with Crippen LogP contribution in [0.25, 0.3) is 10.9 Å². The van der Waals surface area contributed by atoms with Crippen molar-refractivity contribution in [2.75, 3.05) is 0 Å².